The van der Waals surface area contributed by atoms with Gasteiger partial charge in [-0.2, -0.15) is 0 Å². The Hall–Kier alpha value is -3.06. The minimum Gasteiger partial charge on any atom is -0.406 e. The van der Waals surface area contributed by atoms with E-state index in [0.29, 0.717) is 27.8 Å². The van der Waals surface area contributed by atoms with Gasteiger partial charge in [0.25, 0.3) is 11.8 Å². The second-order valence-electron chi connectivity index (χ2n) is 7.06. The molecule has 0 fully saturated rings. The number of nitrogens with zero attached hydrogens (tertiary/aromatic N) is 4. The van der Waals surface area contributed by atoms with Crippen LogP contribution in [0.5, 0.6) is 5.75 Å². The minimum absolute atomic E-state index is 0.0457. The van der Waals surface area contributed by atoms with E-state index in [1.54, 1.807) is 18.9 Å². The fraction of sp³-hybridized carbons (Fsp3) is 0.286. The van der Waals surface area contributed by atoms with Gasteiger partial charge in [-0.3, -0.25) is 19.6 Å². The van der Waals surface area contributed by atoms with Crippen LogP contribution in [0.25, 0.3) is 10.7 Å². The van der Waals surface area contributed by atoms with Crippen molar-refractivity contribution in [3.05, 3.63) is 57.4 Å². The van der Waals surface area contributed by atoms with Crippen molar-refractivity contribution in [1.82, 2.24) is 25.2 Å². The number of nitrogens with one attached hydrogen (secondary N) is 1. The molecule has 0 aliphatic rings. The first kappa shape index (κ1) is 25.6. The summed E-state index contributed by atoms with van der Waals surface area (Å²) in [4.78, 5) is 40.1. The number of ether oxygens (including phenoxy) is 1. The molecule has 0 aliphatic carbocycles. The Morgan fingerprint density at radius 1 is 1.21 bits per heavy atom. The molecule has 3 aromatic rings. The van der Waals surface area contributed by atoms with Gasteiger partial charge in [0.05, 0.1) is 17.9 Å². The summed E-state index contributed by atoms with van der Waals surface area (Å²) < 4.78 is 41.9. The molecule has 180 valence electrons. The van der Waals surface area contributed by atoms with Crippen LogP contribution >= 0.6 is 27.3 Å². The number of carbonyl (C=O) groups excluding carboxylic acids is 2. The zero-order valence-electron chi connectivity index (χ0n) is 18.2. The van der Waals surface area contributed by atoms with Gasteiger partial charge >= 0.3 is 6.36 Å². The maximum Gasteiger partial charge on any atom is 0.573 e. The molecule has 8 nitrogen and oxygen atoms in total. The third-order valence-corrected chi connectivity index (χ3v) is 6.04. The van der Waals surface area contributed by atoms with Gasteiger partial charge in [0, 0.05) is 36.0 Å². The second-order valence-corrected chi connectivity index (χ2v) is 9.00. The zero-order chi connectivity index (χ0) is 25.0. The van der Waals surface area contributed by atoms with E-state index >= 15 is 0 Å². The number of rotatable bonds is 7. The topological polar surface area (TPSA) is 97.3 Å². The number of hydrogen-bond donors (Lipinski definition) is 1. The second kappa shape index (κ2) is 10.5. The maximum absolute atomic E-state index is 12.8. The summed E-state index contributed by atoms with van der Waals surface area (Å²) >= 11 is 4.23. The number of benzene rings is 1. The summed E-state index contributed by atoms with van der Waals surface area (Å²) in [6, 6.07) is 2.78. The molecule has 3 rings (SSSR count). The summed E-state index contributed by atoms with van der Waals surface area (Å²) in [5.74, 6) is -1.35. The van der Waals surface area contributed by atoms with Crippen LogP contribution < -0.4 is 10.1 Å². The first-order valence-electron chi connectivity index (χ1n) is 9.88. The van der Waals surface area contributed by atoms with E-state index in [1.807, 2.05) is 6.92 Å². The van der Waals surface area contributed by atoms with Crippen LogP contribution in [0.1, 0.15) is 45.6 Å². The molecule has 13 heteroatoms. The van der Waals surface area contributed by atoms with Gasteiger partial charge in [0.15, 0.2) is 0 Å². The number of hydrogen-bond acceptors (Lipinski definition) is 7. The van der Waals surface area contributed by atoms with E-state index in [9.17, 15) is 22.8 Å². The molecule has 0 bridgehead atoms. The molecule has 0 saturated heterocycles. The van der Waals surface area contributed by atoms with Crippen LogP contribution in [-0.4, -0.2) is 51.6 Å². The molecule has 1 atom stereocenters. The Kier molecular flexibility index (Phi) is 7.87. The van der Waals surface area contributed by atoms with Crippen LogP contribution in [0.2, 0.25) is 0 Å². The average Bonchev–Trinajstić information content (AvgIpc) is 3.26. The Balaban J connectivity index is 1.83. The molecule has 0 radical (unpaired) electrons. The van der Waals surface area contributed by atoms with Gasteiger partial charge < -0.3 is 15.0 Å². The molecular formula is C21H19BrF3N5O3S. The van der Waals surface area contributed by atoms with Gasteiger partial charge in [0.2, 0.25) is 0 Å². The SMILES string of the molecule is CCN(C)C(=O)c1cnc(-c2nccnc2[C@H](C)NC(=O)c2cc(Br)cc(OC(F)(F)F)c2)s1. The highest BCUT2D eigenvalue weighted by molar-refractivity contribution is 9.10. The lowest BCUT2D eigenvalue weighted by Gasteiger charge is -2.16. The van der Waals surface area contributed by atoms with Gasteiger partial charge in [-0.25, -0.2) is 4.98 Å². The summed E-state index contributed by atoms with van der Waals surface area (Å²) in [7, 11) is 1.68. The van der Waals surface area contributed by atoms with Crippen LogP contribution in [0.3, 0.4) is 0 Å². The molecule has 34 heavy (non-hydrogen) atoms. The maximum atomic E-state index is 12.8. The Bertz CT molecular complexity index is 1200. The molecule has 0 spiro atoms. The highest BCUT2D eigenvalue weighted by Crippen LogP contribution is 2.30. The monoisotopic (exact) mass is 557 g/mol. The summed E-state index contributed by atoms with van der Waals surface area (Å²) in [5, 5.41) is 3.14. The Morgan fingerprint density at radius 3 is 2.59 bits per heavy atom. The van der Waals surface area contributed by atoms with Crippen molar-refractivity contribution in [2.75, 3.05) is 13.6 Å². The number of amides is 2. The lowest BCUT2D eigenvalue weighted by Crippen LogP contribution is -2.28. The highest BCUT2D eigenvalue weighted by atomic mass is 79.9. The third-order valence-electron chi connectivity index (χ3n) is 4.59. The van der Waals surface area contributed by atoms with Crippen molar-refractivity contribution in [2.45, 2.75) is 26.3 Å². The van der Waals surface area contributed by atoms with Crippen molar-refractivity contribution in [1.29, 1.82) is 0 Å². The predicted octanol–water partition coefficient (Wildman–Crippen LogP) is 4.84. The molecule has 1 aromatic carbocycles. The fourth-order valence-corrected chi connectivity index (χ4v) is 4.27. The lowest BCUT2D eigenvalue weighted by atomic mass is 10.1. The number of alkyl halides is 3. The van der Waals surface area contributed by atoms with E-state index in [4.69, 9.17) is 0 Å². The van der Waals surface area contributed by atoms with Crippen LogP contribution in [-0.2, 0) is 0 Å². The molecule has 0 saturated carbocycles. The molecule has 2 heterocycles. The molecular weight excluding hydrogens is 539 g/mol. The first-order valence-corrected chi connectivity index (χ1v) is 11.5. The number of thiazole rings is 1. The first-order chi connectivity index (χ1) is 16.0. The van der Waals surface area contributed by atoms with E-state index in [0.717, 1.165) is 23.5 Å². The highest BCUT2D eigenvalue weighted by Gasteiger charge is 2.31. The van der Waals surface area contributed by atoms with E-state index in [-0.39, 0.29) is 15.9 Å². The van der Waals surface area contributed by atoms with Gasteiger partial charge in [-0.15, -0.1) is 24.5 Å². The Morgan fingerprint density at radius 2 is 1.91 bits per heavy atom. The van der Waals surface area contributed by atoms with E-state index < -0.39 is 24.1 Å². The standard InChI is InChI=1S/C21H19BrF3N5O3S/c1-4-30(3)20(32)15-10-28-19(34-15)17-16(26-5-6-27-17)11(2)29-18(31)12-7-13(22)9-14(8-12)33-21(23,24)25/h5-11H,4H2,1-3H3,(H,29,31)/t11-/m0/s1. The zero-order valence-corrected chi connectivity index (χ0v) is 20.6. The van der Waals surface area contributed by atoms with Gasteiger partial charge in [-0.1, -0.05) is 15.9 Å². The third kappa shape index (κ3) is 6.29. The minimum atomic E-state index is -4.89. The van der Waals surface area contributed by atoms with Crippen LogP contribution in [0.15, 0.2) is 41.3 Å². The van der Waals surface area contributed by atoms with Crippen molar-refractivity contribution < 1.29 is 27.5 Å². The van der Waals surface area contributed by atoms with Crippen LogP contribution in [0.4, 0.5) is 13.2 Å². The van der Waals surface area contributed by atoms with Crippen molar-refractivity contribution in [3.8, 4) is 16.5 Å². The summed E-state index contributed by atoms with van der Waals surface area (Å²) in [6.07, 6.45) is -0.528. The van der Waals surface area contributed by atoms with Crippen molar-refractivity contribution >= 4 is 39.1 Å². The summed E-state index contributed by atoms with van der Waals surface area (Å²) in [6.45, 7) is 4.05. The molecule has 0 unspecified atom stereocenters. The van der Waals surface area contributed by atoms with E-state index in [1.165, 1.54) is 24.7 Å². The number of carbonyl (C=O) groups is 2. The number of halogens is 4. The van der Waals surface area contributed by atoms with E-state index in [2.05, 4.69) is 40.9 Å². The Labute approximate surface area is 205 Å². The van der Waals surface area contributed by atoms with Crippen molar-refractivity contribution in [3.63, 3.8) is 0 Å². The predicted molar refractivity (Wildman–Crippen MR) is 122 cm³/mol. The number of aromatic nitrogens is 3. The van der Waals surface area contributed by atoms with Gasteiger partial charge in [0.1, 0.15) is 21.3 Å². The fourth-order valence-electron chi connectivity index (χ4n) is 2.88. The largest absolute Gasteiger partial charge is 0.573 e. The smallest absolute Gasteiger partial charge is 0.406 e. The average molecular weight is 558 g/mol. The lowest BCUT2D eigenvalue weighted by molar-refractivity contribution is -0.274. The molecule has 2 amide bonds. The molecule has 0 aliphatic heterocycles. The van der Waals surface area contributed by atoms with Gasteiger partial charge in [-0.05, 0) is 32.0 Å². The summed E-state index contributed by atoms with van der Waals surface area (Å²) in [5.41, 5.74) is 0.722. The van der Waals surface area contributed by atoms with Crippen LogP contribution in [0, 0.1) is 0 Å². The normalized spacial score (nSPS) is 12.2. The molecule has 1 N–H and O–H groups in total. The quantitative estimate of drug-likeness (QED) is 0.446. The molecule has 2 aromatic heterocycles. The van der Waals surface area contributed by atoms with Crippen molar-refractivity contribution in [2.24, 2.45) is 0 Å².